The van der Waals surface area contributed by atoms with E-state index >= 15 is 0 Å². The maximum absolute atomic E-state index is 12.8. The Morgan fingerprint density at radius 2 is 2.27 bits per heavy atom. The summed E-state index contributed by atoms with van der Waals surface area (Å²) in [6, 6.07) is 4.35. The van der Waals surface area contributed by atoms with Crippen molar-refractivity contribution in [3.05, 3.63) is 34.6 Å². The lowest BCUT2D eigenvalue weighted by molar-refractivity contribution is 0.0329. The van der Waals surface area contributed by atoms with Gasteiger partial charge in [0.1, 0.15) is 5.82 Å². The predicted molar refractivity (Wildman–Crippen MR) is 56.1 cm³/mol. The van der Waals surface area contributed by atoms with Gasteiger partial charge in [0.25, 0.3) is 0 Å². The Balaban J connectivity index is 2.41. The second-order valence-corrected chi connectivity index (χ2v) is 3.56. The number of hydrogen-bond donors (Lipinski definition) is 2. The molecule has 0 saturated heterocycles. The molecule has 3 nitrogen and oxygen atoms in total. The van der Waals surface area contributed by atoms with Crippen LogP contribution in [-0.2, 0) is 11.3 Å². The van der Waals surface area contributed by atoms with Gasteiger partial charge in [-0.15, -0.1) is 0 Å². The lowest BCUT2D eigenvalue weighted by atomic mass is 10.2. The Kier molecular flexibility index (Phi) is 4.98. The summed E-state index contributed by atoms with van der Waals surface area (Å²) in [5.74, 6) is -0.456. The van der Waals surface area contributed by atoms with Gasteiger partial charge < -0.3 is 15.6 Å². The van der Waals surface area contributed by atoms with Crippen molar-refractivity contribution in [2.45, 2.75) is 12.7 Å². The molecule has 0 aromatic heterocycles. The Labute approximate surface area is 92.6 Å². The molecule has 0 heterocycles. The monoisotopic (exact) mass is 233 g/mol. The van der Waals surface area contributed by atoms with Crippen LogP contribution < -0.4 is 5.73 Å². The summed E-state index contributed by atoms with van der Waals surface area (Å²) in [5, 5.41) is 9.16. The SMILES string of the molecule is NC[C@H](O)COCc1ccc(F)c(Cl)c1. The maximum Gasteiger partial charge on any atom is 0.141 e. The summed E-state index contributed by atoms with van der Waals surface area (Å²) in [5.41, 5.74) is 5.95. The van der Waals surface area contributed by atoms with Crippen molar-refractivity contribution in [2.75, 3.05) is 13.2 Å². The van der Waals surface area contributed by atoms with Crippen LogP contribution in [0.1, 0.15) is 5.56 Å². The van der Waals surface area contributed by atoms with Crippen molar-refractivity contribution in [3.8, 4) is 0 Å². The molecule has 0 fully saturated rings. The minimum atomic E-state index is -0.666. The van der Waals surface area contributed by atoms with Gasteiger partial charge in [0.2, 0.25) is 0 Å². The van der Waals surface area contributed by atoms with E-state index in [0.717, 1.165) is 5.56 Å². The van der Waals surface area contributed by atoms with Crippen LogP contribution in [0, 0.1) is 5.82 Å². The first kappa shape index (κ1) is 12.4. The van der Waals surface area contributed by atoms with Gasteiger partial charge in [-0.2, -0.15) is 0 Å². The van der Waals surface area contributed by atoms with Gasteiger partial charge in [-0.25, -0.2) is 4.39 Å². The van der Waals surface area contributed by atoms with E-state index < -0.39 is 11.9 Å². The topological polar surface area (TPSA) is 55.5 Å². The molecule has 0 saturated carbocycles. The van der Waals surface area contributed by atoms with Gasteiger partial charge in [0.05, 0.1) is 24.3 Å². The number of ether oxygens (including phenoxy) is 1. The molecule has 15 heavy (non-hydrogen) atoms. The molecule has 0 bridgehead atoms. The first-order valence-corrected chi connectivity index (χ1v) is 4.91. The molecule has 0 radical (unpaired) electrons. The van der Waals surface area contributed by atoms with E-state index in [2.05, 4.69) is 0 Å². The molecule has 0 unspecified atom stereocenters. The second kappa shape index (κ2) is 6.02. The Hall–Kier alpha value is -0.680. The predicted octanol–water partition coefficient (Wildman–Crippen LogP) is 1.32. The van der Waals surface area contributed by atoms with Crippen LogP contribution in [0.4, 0.5) is 4.39 Å². The van der Waals surface area contributed by atoms with E-state index in [1.165, 1.54) is 12.1 Å². The lowest BCUT2D eigenvalue weighted by Gasteiger charge is -2.08. The molecule has 1 rings (SSSR count). The highest BCUT2D eigenvalue weighted by Gasteiger charge is 2.03. The third kappa shape index (κ3) is 4.13. The van der Waals surface area contributed by atoms with Crippen LogP contribution in [0.5, 0.6) is 0 Å². The van der Waals surface area contributed by atoms with E-state index in [9.17, 15) is 4.39 Å². The number of rotatable bonds is 5. The van der Waals surface area contributed by atoms with Gasteiger partial charge in [0, 0.05) is 6.54 Å². The van der Waals surface area contributed by atoms with Gasteiger partial charge in [-0.1, -0.05) is 17.7 Å². The molecular weight excluding hydrogens is 221 g/mol. The summed E-state index contributed by atoms with van der Waals surface area (Å²) in [7, 11) is 0. The van der Waals surface area contributed by atoms with Crippen molar-refractivity contribution in [2.24, 2.45) is 5.73 Å². The zero-order chi connectivity index (χ0) is 11.3. The minimum absolute atomic E-state index is 0.0653. The van der Waals surface area contributed by atoms with Crippen LogP contribution in [0.15, 0.2) is 18.2 Å². The average molecular weight is 234 g/mol. The quantitative estimate of drug-likeness (QED) is 0.807. The summed E-state index contributed by atoms with van der Waals surface area (Å²) >= 11 is 5.58. The number of nitrogens with two attached hydrogens (primary N) is 1. The zero-order valence-corrected chi connectivity index (χ0v) is 8.88. The average Bonchev–Trinajstić information content (AvgIpc) is 2.23. The first-order chi connectivity index (χ1) is 7.13. The summed E-state index contributed by atoms with van der Waals surface area (Å²) in [6.07, 6.45) is -0.666. The van der Waals surface area contributed by atoms with E-state index in [1.807, 2.05) is 0 Å². The first-order valence-electron chi connectivity index (χ1n) is 4.53. The van der Waals surface area contributed by atoms with E-state index in [4.69, 9.17) is 27.2 Å². The largest absolute Gasteiger partial charge is 0.389 e. The standard InChI is InChI=1S/C10H13ClFNO2/c11-9-3-7(1-2-10(9)12)5-15-6-8(14)4-13/h1-3,8,14H,4-6,13H2/t8-/m0/s1. The molecule has 84 valence electrons. The fourth-order valence-corrected chi connectivity index (χ4v) is 1.21. The molecule has 1 aromatic carbocycles. The van der Waals surface area contributed by atoms with Crippen molar-refractivity contribution in [1.29, 1.82) is 0 Å². The molecule has 1 aromatic rings. The van der Waals surface area contributed by atoms with Crippen LogP contribution in [0.25, 0.3) is 0 Å². The molecule has 0 spiro atoms. The normalized spacial score (nSPS) is 12.8. The van der Waals surface area contributed by atoms with E-state index in [-0.39, 0.29) is 24.8 Å². The Morgan fingerprint density at radius 3 is 2.87 bits per heavy atom. The van der Waals surface area contributed by atoms with Crippen LogP contribution in [-0.4, -0.2) is 24.4 Å². The molecule has 0 amide bonds. The molecular formula is C10H13ClFNO2. The Morgan fingerprint density at radius 1 is 1.53 bits per heavy atom. The summed E-state index contributed by atoms with van der Waals surface area (Å²) < 4.78 is 17.9. The Bertz CT molecular complexity index is 322. The fourth-order valence-electron chi connectivity index (χ4n) is 1.01. The molecule has 0 aliphatic heterocycles. The van der Waals surface area contributed by atoms with Gasteiger partial charge in [-0.3, -0.25) is 0 Å². The van der Waals surface area contributed by atoms with Crippen molar-refractivity contribution < 1.29 is 14.2 Å². The molecule has 0 aliphatic carbocycles. The molecule has 5 heteroatoms. The smallest absolute Gasteiger partial charge is 0.141 e. The highest BCUT2D eigenvalue weighted by Crippen LogP contribution is 2.16. The second-order valence-electron chi connectivity index (χ2n) is 3.15. The zero-order valence-electron chi connectivity index (χ0n) is 8.12. The lowest BCUT2D eigenvalue weighted by Crippen LogP contribution is -2.24. The van der Waals surface area contributed by atoms with Gasteiger partial charge >= 0.3 is 0 Å². The maximum atomic E-state index is 12.8. The van der Waals surface area contributed by atoms with Crippen LogP contribution >= 0.6 is 11.6 Å². The van der Waals surface area contributed by atoms with Gasteiger partial charge in [-0.05, 0) is 17.7 Å². The number of benzene rings is 1. The minimum Gasteiger partial charge on any atom is -0.389 e. The number of hydrogen-bond acceptors (Lipinski definition) is 3. The molecule has 3 N–H and O–H groups in total. The summed E-state index contributed by atoms with van der Waals surface area (Å²) in [4.78, 5) is 0. The third-order valence-electron chi connectivity index (χ3n) is 1.84. The molecule has 1 atom stereocenters. The van der Waals surface area contributed by atoms with E-state index in [0.29, 0.717) is 0 Å². The third-order valence-corrected chi connectivity index (χ3v) is 2.12. The fraction of sp³-hybridized carbons (Fsp3) is 0.400. The highest BCUT2D eigenvalue weighted by molar-refractivity contribution is 6.30. The number of aliphatic hydroxyl groups excluding tert-OH is 1. The van der Waals surface area contributed by atoms with Crippen molar-refractivity contribution in [3.63, 3.8) is 0 Å². The van der Waals surface area contributed by atoms with Crippen molar-refractivity contribution in [1.82, 2.24) is 0 Å². The van der Waals surface area contributed by atoms with E-state index in [1.54, 1.807) is 6.07 Å². The molecule has 0 aliphatic rings. The summed E-state index contributed by atoms with van der Waals surface area (Å²) in [6.45, 7) is 0.590. The highest BCUT2D eigenvalue weighted by atomic mass is 35.5. The van der Waals surface area contributed by atoms with Gasteiger partial charge in [0.15, 0.2) is 0 Å². The van der Waals surface area contributed by atoms with Crippen LogP contribution in [0.3, 0.4) is 0 Å². The number of aliphatic hydroxyl groups is 1. The van der Waals surface area contributed by atoms with Crippen molar-refractivity contribution >= 4 is 11.6 Å². The number of halogens is 2. The van der Waals surface area contributed by atoms with Crippen LogP contribution in [0.2, 0.25) is 5.02 Å².